The van der Waals surface area contributed by atoms with E-state index in [4.69, 9.17) is 25.8 Å². The molecule has 30 heavy (non-hydrogen) atoms. The van der Waals surface area contributed by atoms with Crippen LogP contribution in [0.15, 0.2) is 66.7 Å². The second-order valence-corrected chi connectivity index (χ2v) is 7.29. The molecule has 1 aliphatic rings. The van der Waals surface area contributed by atoms with Gasteiger partial charge >= 0.3 is 0 Å². The van der Waals surface area contributed by atoms with Gasteiger partial charge in [0.1, 0.15) is 5.75 Å². The molecular weight excluding hydrogens is 402 g/mol. The van der Waals surface area contributed by atoms with E-state index in [1.54, 1.807) is 6.07 Å². The first kappa shape index (κ1) is 20.1. The summed E-state index contributed by atoms with van der Waals surface area (Å²) in [5.74, 6) is 1.61. The van der Waals surface area contributed by atoms with E-state index in [1.807, 2.05) is 60.7 Å². The average Bonchev–Trinajstić information content (AvgIpc) is 3.03. The second kappa shape index (κ2) is 9.55. The van der Waals surface area contributed by atoms with Gasteiger partial charge in [-0.15, -0.1) is 0 Å². The number of benzene rings is 3. The third-order valence-electron chi connectivity index (χ3n) is 4.68. The molecule has 0 aliphatic carbocycles. The molecule has 1 heterocycles. The highest BCUT2D eigenvalue weighted by Gasteiger charge is 2.16. The summed E-state index contributed by atoms with van der Waals surface area (Å²) in [4.78, 5) is 12.3. The molecule has 0 atom stereocenters. The van der Waals surface area contributed by atoms with Crippen molar-refractivity contribution in [2.75, 3.05) is 19.8 Å². The van der Waals surface area contributed by atoms with Gasteiger partial charge in [0.2, 0.25) is 0 Å². The van der Waals surface area contributed by atoms with Crippen LogP contribution in [-0.2, 0) is 11.3 Å². The van der Waals surface area contributed by atoms with Gasteiger partial charge in [-0.1, -0.05) is 60.1 Å². The van der Waals surface area contributed by atoms with Crippen LogP contribution in [-0.4, -0.2) is 25.7 Å². The second-order valence-electron chi connectivity index (χ2n) is 6.88. The molecule has 0 saturated heterocycles. The minimum atomic E-state index is -0.221. The van der Waals surface area contributed by atoms with Crippen molar-refractivity contribution in [2.24, 2.45) is 0 Å². The highest BCUT2D eigenvalue weighted by molar-refractivity contribution is 6.32. The fourth-order valence-electron chi connectivity index (χ4n) is 3.23. The number of ether oxygens (including phenoxy) is 3. The van der Waals surface area contributed by atoms with Gasteiger partial charge in [0.05, 0.1) is 18.2 Å². The topological polar surface area (TPSA) is 56.8 Å². The molecule has 1 aliphatic heterocycles. The van der Waals surface area contributed by atoms with Crippen LogP contribution in [0.4, 0.5) is 0 Å². The number of carbonyl (C=O) groups is 1. The maximum atomic E-state index is 12.3. The Morgan fingerprint density at radius 2 is 1.77 bits per heavy atom. The summed E-state index contributed by atoms with van der Waals surface area (Å²) in [7, 11) is 0. The lowest BCUT2D eigenvalue weighted by Gasteiger charge is -2.13. The largest absolute Gasteiger partial charge is 0.489 e. The Balaban J connectivity index is 1.37. The molecule has 4 rings (SSSR count). The number of nitrogens with one attached hydrogen (secondary N) is 1. The number of rotatable bonds is 6. The van der Waals surface area contributed by atoms with Gasteiger partial charge in [-0.3, -0.25) is 4.79 Å². The van der Waals surface area contributed by atoms with E-state index < -0.39 is 0 Å². The van der Waals surface area contributed by atoms with Gasteiger partial charge in [-0.05, 0) is 29.3 Å². The van der Waals surface area contributed by atoms with Gasteiger partial charge in [-0.2, -0.15) is 0 Å². The molecule has 0 fully saturated rings. The van der Waals surface area contributed by atoms with E-state index in [-0.39, 0.29) is 12.5 Å². The molecule has 3 aromatic rings. The van der Waals surface area contributed by atoms with Gasteiger partial charge in [0.15, 0.2) is 18.1 Å². The van der Waals surface area contributed by atoms with E-state index in [9.17, 15) is 4.79 Å². The van der Waals surface area contributed by atoms with Crippen LogP contribution in [0.25, 0.3) is 11.1 Å². The SMILES string of the molecule is O=C(COc1ccccc1-c1ccccc1)NCc1cc(Cl)c2c(c1)OCCCO2. The number of amides is 1. The predicted octanol–water partition coefficient (Wildman–Crippen LogP) is 4.86. The Hall–Kier alpha value is -3.18. The molecule has 0 unspecified atom stereocenters. The van der Waals surface area contributed by atoms with E-state index in [0.29, 0.717) is 42.0 Å². The fourth-order valence-corrected chi connectivity index (χ4v) is 3.52. The van der Waals surface area contributed by atoms with Gasteiger partial charge < -0.3 is 19.5 Å². The van der Waals surface area contributed by atoms with Crippen molar-refractivity contribution in [1.82, 2.24) is 5.32 Å². The number of hydrogen-bond acceptors (Lipinski definition) is 4. The standard InChI is InChI=1S/C24H22ClNO4/c25-20-13-17(14-22-24(20)29-12-6-11-28-22)15-26-23(27)16-30-21-10-5-4-9-19(21)18-7-2-1-3-8-18/h1-5,7-10,13-14H,6,11-12,15-16H2,(H,26,27). The number of hydrogen-bond donors (Lipinski definition) is 1. The maximum absolute atomic E-state index is 12.3. The highest BCUT2D eigenvalue weighted by atomic mass is 35.5. The molecule has 1 N–H and O–H groups in total. The normalized spacial score (nSPS) is 12.7. The van der Waals surface area contributed by atoms with Crippen LogP contribution < -0.4 is 19.5 Å². The molecule has 0 bridgehead atoms. The minimum Gasteiger partial charge on any atom is -0.489 e. The third kappa shape index (κ3) is 4.86. The zero-order chi connectivity index (χ0) is 20.8. The molecule has 5 nitrogen and oxygen atoms in total. The van der Waals surface area contributed by atoms with Crippen molar-refractivity contribution < 1.29 is 19.0 Å². The van der Waals surface area contributed by atoms with Crippen LogP contribution >= 0.6 is 11.6 Å². The van der Waals surface area contributed by atoms with Crippen molar-refractivity contribution in [3.8, 4) is 28.4 Å². The van der Waals surface area contributed by atoms with Crippen molar-refractivity contribution in [1.29, 1.82) is 0 Å². The minimum absolute atomic E-state index is 0.0812. The van der Waals surface area contributed by atoms with Crippen molar-refractivity contribution >= 4 is 17.5 Å². The summed E-state index contributed by atoms with van der Waals surface area (Å²) in [5, 5.41) is 3.34. The van der Waals surface area contributed by atoms with Gasteiger partial charge in [0.25, 0.3) is 5.91 Å². The lowest BCUT2D eigenvalue weighted by Crippen LogP contribution is -2.28. The molecule has 3 aromatic carbocycles. The first-order valence-corrected chi connectivity index (χ1v) is 10.2. The number of carbonyl (C=O) groups excluding carboxylic acids is 1. The smallest absolute Gasteiger partial charge is 0.258 e. The zero-order valence-corrected chi connectivity index (χ0v) is 17.2. The molecule has 154 valence electrons. The monoisotopic (exact) mass is 423 g/mol. The van der Waals surface area contributed by atoms with Crippen molar-refractivity contribution in [3.05, 3.63) is 77.3 Å². The predicted molar refractivity (Wildman–Crippen MR) is 116 cm³/mol. The maximum Gasteiger partial charge on any atom is 0.258 e. The van der Waals surface area contributed by atoms with Gasteiger partial charge in [-0.25, -0.2) is 0 Å². The van der Waals surface area contributed by atoms with E-state index in [2.05, 4.69) is 5.32 Å². The summed E-state index contributed by atoms with van der Waals surface area (Å²) in [6.45, 7) is 1.39. The van der Waals surface area contributed by atoms with E-state index >= 15 is 0 Å². The van der Waals surface area contributed by atoms with Crippen LogP contribution in [0.2, 0.25) is 5.02 Å². The molecular formula is C24H22ClNO4. The third-order valence-corrected chi connectivity index (χ3v) is 4.96. The number of halogens is 1. The zero-order valence-electron chi connectivity index (χ0n) is 16.4. The quantitative estimate of drug-likeness (QED) is 0.615. The first-order chi connectivity index (χ1) is 14.7. The molecule has 0 radical (unpaired) electrons. The molecule has 1 amide bonds. The fraction of sp³-hybridized carbons (Fsp3) is 0.208. The van der Waals surface area contributed by atoms with Crippen molar-refractivity contribution in [3.63, 3.8) is 0 Å². The van der Waals surface area contributed by atoms with Crippen LogP contribution in [0.5, 0.6) is 17.2 Å². The summed E-state index contributed by atoms with van der Waals surface area (Å²) < 4.78 is 17.1. The summed E-state index contributed by atoms with van der Waals surface area (Å²) in [6, 6.07) is 21.2. The Kier molecular flexibility index (Phi) is 6.40. The Morgan fingerprint density at radius 3 is 2.63 bits per heavy atom. The average molecular weight is 424 g/mol. The molecule has 0 spiro atoms. The van der Waals surface area contributed by atoms with Crippen molar-refractivity contribution in [2.45, 2.75) is 13.0 Å². The number of para-hydroxylation sites is 1. The summed E-state index contributed by atoms with van der Waals surface area (Å²) in [6.07, 6.45) is 0.804. The molecule has 6 heteroatoms. The summed E-state index contributed by atoms with van der Waals surface area (Å²) >= 11 is 6.31. The Bertz CT molecular complexity index is 1020. The Labute approximate surface area is 180 Å². The Morgan fingerprint density at radius 1 is 1.00 bits per heavy atom. The molecule has 0 aromatic heterocycles. The van der Waals surface area contributed by atoms with Gasteiger partial charge in [0, 0.05) is 18.5 Å². The summed E-state index contributed by atoms with van der Waals surface area (Å²) in [5.41, 5.74) is 2.82. The lowest BCUT2D eigenvalue weighted by molar-refractivity contribution is -0.123. The van der Waals surface area contributed by atoms with Crippen LogP contribution in [0, 0.1) is 0 Å². The highest BCUT2D eigenvalue weighted by Crippen LogP contribution is 2.38. The van der Waals surface area contributed by atoms with Crippen LogP contribution in [0.1, 0.15) is 12.0 Å². The van der Waals surface area contributed by atoms with E-state index in [1.165, 1.54) is 0 Å². The van der Waals surface area contributed by atoms with E-state index in [0.717, 1.165) is 23.1 Å². The molecule has 0 saturated carbocycles. The number of fused-ring (bicyclic) bond motifs is 1. The first-order valence-electron chi connectivity index (χ1n) is 9.82. The lowest BCUT2D eigenvalue weighted by atomic mass is 10.1. The van der Waals surface area contributed by atoms with Crippen LogP contribution in [0.3, 0.4) is 0 Å².